The van der Waals surface area contributed by atoms with Crippen LogP contribution in [0.3, 0.4) is 0 Å². The van der Waals surface area contributed by atoms with Gasteiger partial charge in [-0.1, -0.05) is 13.8 Å². The second-order valence-electron chi connectivity index (χ2n) is 7.20. The van der Waals surface area contributed by atoms with Gasteiger partial charge in [-0.05, 0) is 36.8 Å². The molecule has 0 spiro atoms. The summed E-state index contributed by atoms with van der Waals surface area (Å²) in [4.78, 5) is 14.8. The number of ether oxygens (including phenoxy) is 1. The SMILES string of the molecule is Cc1cc(C(=O)N2CCO[C@@H](c3nnc(C(C)C)o3)C2)ccc1-n1cccn1. The Labute approximate surface area is 163 Å². The number of benzene rings is 1. The van der Waals surface area contributed by atoms with E-state index < -0.39 is 6.10 Å². The molecule has 8 nitrogen and oxygen atoms in total. The number of carbonyl (C=O) groups is 1. The molecule has 0 bridgehead atoms. The van der Waals surface area contributed by atoms with Crippen LogP contribution in [0.1, 0.15) is 53.6 Å². The van der Waals surface area contributed by atoms with Crippen molar-refractivity contribution < 1.29 is 13.9 Å². The minimum Gasteiger partial charge on any atom is -0.422 e. The predicted molar refractivity (Wildman–Crippen MR) is 101 cm³/mol. The summed E-state index contributed by atoms with van der Waals surface area (Å²) in [5.74, 6) is 1.11. The average Bonchev–Trinajstić information content (AvgIpc) is 3.39. The van der Waals surface area contributed by atoms with E-state index >= 15 is 0 Å². The van der Waals surface area contributed by atoms with Gasteiger partial charge in [0.2, 0.25) is 11.8 Å². The van der Waals surface area contributed by atoms with E-state index in [2.05, 4.69) is 15.3 Å². The molecule has 3 heterocycles. The average molecular weight is 381 g/mol. The number of hydrogen-bond acceptors (Lipinski definition) is 6. The van der Waals surface area contributed by atoms with Crippen LogP contribution in [0.25, 0.3) is 5.69 Å². The first-order valence-corrected chi connectivity index (χ1v) is 9.38. The molecule has 1 aliphatic heterocycles. The smallest absolute Gasteiger partial charge is 0.254 e. The molecule has 0 radical (unpaired) electrons. The van der Waals surface area contributed by atoms with Crippen molar-refractivity contribution in [3.63, 3.8) is 0 Å². The molecule has 1 fully saturated rings. The van der Waals surface area contributed by atoms with Crippen LogP contribution in [0.5, 0.6) is 0 Å². The number of carbonyl (C=O) groups excluding carboxylic acids is 1. The van der Waals surface area contributed by atoms with Crippen LogP contribution < -0.4 is 0 Å². The molecule has 146 valence electrons. The van der Waals surface area contributed by atoms with Crippen LogP contribution in [0.4, 0.5) is 0 Å². The topological polar surface area (TPSA) is 86.3 Å². The molecule has 0 aliphatic carbocycles. The standard InChI is InChI=1S/C20H23N5O3/c1-13(2)18-22-23-19(28-18)17-12-24(9-10-27-17)20(26)15-5-6-16(14(3)11-15)25-8-4-7-21-25/h4-8,11,13,17H,9-10,12H2,1-3H3/t17-/m1/s1. The number of hydrogen-bond donors (Lipinski definition) is 0. The highest BCUT2D eigenvalue weighted by molar-refractivity contribution is 5.94. The first-order valence-electron chi connectivity index (χ1n) is 9.38. The van der Waals surface area contributed by atoms with Crippen LogP contribution in [0, 0.1) is 6.92 Å². The van der Waals surface area contributed by atoms with Crippen LogP contribution in [0.15, 0.2) is 41.1 Å². The quantitative estimate of drug-likeness (QED) is 0.691. The van der Waals surface area contributed by atoms with Crippen molar-refractivity contribution in [2.75, 3.05) is 19.7 Å². The molecular weight excluding hydrogens is 358 g/mol. The molecule has 2 aromatic heterocycles. The molecule has 1 aliphatic rings. The van der Waals surface area contributed by atoms with Gasteiger partial charge in [0.05, 0.1) is 18.8 Å². The van der Waals surface area contributed by atoms with Gasteiger partial charge in [0.25, 0.3) is 5.91 Å². The van der Waals surface area contributed by atoms with E-state index in [-0.39, 0.29) is 11.8 Å². The second-order valence-corrected chi connectivity index (χ2v) is 7.20. The Kier molecular flexibility index (Phi) is 4.95. The predicted octanol–water partition coefficient (Wildman–Crippen LogP) is 2.90. The van der Waals surface area contributed by atoms with Gasteiger partial charge in [-0.15, -0.1) is 10.2 Å². The minimum absolute atomic E-state index is 0.0352. The number of rotatable bonds is 4. The number of amides is 1. The highest BCUT2D eigenvalue weighted by Gasteiger charge is 2.30. The van der Waals surface area contributed by atoms with Crippen LogP contribution in [-0.2, 0) is 4.74 Å². The molecule has 28 heavy (non-hydrogen) atoms. The third-order valence-electron chi connectivity index (χ3n) is 4.77. The van der Waals surface area contributed by atoms with Crippen LogP contribution in [0.2, 0.25) is 0 Å². The minimum atomic E-state index is -0.401. The van der Waals surface area contributed by atoms with Crippen LogP contribution in [-0.4, -0.2) is 50.5 Å². The fraction of sp³-hybridized carbons (Fsp3) is 0.400. The lowest BCUT2D eigenvalue weighted by Crippen LogP contribution is -2.42. The molecule has 0 N–H and O–H groups in total. The van der Waals surface area contributed by atoms with E-state index in [1.165, 1.54) is 0 Å². The summed E-state index contributed by atoms with van der Waals surface area (Å²) in [6, 6.07) is 7.52. The van der Waals surface area contributed by atoms with Crippen molar-refractivity contribution in [1.29, 1.82) is 0 Å². The summed E-state index contributed by atoms with van der Waals surface area (Å²) in [7, 11) is 0. The molecular formula is C20H23N5O3. The fourth-order valence-corrected chi connectivity index (χ4v) is 3.23. The summed E-state index contributed by atoms with van der Waals surface area (Å²) in [5.41, 5.74) is 2.58. The third-order valence-corrected chi connectivity index (χ3v) is 4.77. The largest absolute Gasteiger partial charge is 0.422 e. The highest BCUT2D eigenvalue weighted by atomic mass is 16.5. The van der Waals surface area contributed by atoms with E-state index in [0.717, 1.165) is 11.3 Å². The van der Waals surface area contributed by atoms with E-state index in [1.54, 1.807) is 15.8 Å². The van der Waals surface area contributed by atoms with Gasteiger partial charge < -0.3 is 14.1 Å². The molecule has 4 rings (SSSR count). The lowest BCUT2D eigenvalue weighted by atomic mass is 10.1. The van der Waals surface area contributed by atoms with Gasteiger partial charge in [0.15, 0.2) is 6.10 Å². The molecule has 0 saturated carbocycles. The summed E-state index contributed by atoms with van der Waals surface area (Å²) < 4.78 is 13.3. The lowest BCUT2D eigenvalue weighted by molar-refractivity contribution is -0.0351. The Morgan fingerprint density at radius 2 is 2.14 bits per heavy atom. The Bertz CT molecular complexity index is 964. The molecule has 8 heteroatoms. The maximum absolute atomic E-state index is 13.0. The molecule has 0 unspecified atom stereocenters. The third kappa shape index (κ3) is 3.55. The van der Waals surface area contributed by atoms with Gasteiger partial charge in [-0.3, -0.25) is 4.79 Å². The molecule has 1 aromatic carbocycles. The van der Waals surface area contributed by atoms with Crippen molar-refractivity contribution >= 4 is 5.91 Å². The molecule has 1 atom stereocenters. The van der Waals surface area contributed by atoms with Crippen molar-refractivity contribution in [2.45, 2.75) is 32.8 Å². The lowest BCUT2D eigenvalue weighted by Gasteiger charge is -2.31. The Balaban J connectivity index is 1.50. The fourth-order valence-electron chi connectivity index (χ4n) is 3.23. The summed E-state index contributed by atoms with van der Waals surface area (Å²) in [6.45, 7) is 7.30. The summed E-state index contributed by atoms with van der Waals surface area (Å²) in [5, 5.41) is 12.4. The zero-order valence-corrected chi connectivity index (χ0v) is 16.2. The number of nitrogens with zero attached hydrogens (tertiary/aromatic N) is 5. The number of aromatic nitrogens is 4. The van der Waals surface area contributed by atoms with Gasteiger partial charge in [0.1, 0.15) is 0 Å². The van der Waals surface area contributed by atoms with Gasteiger partial charge in [-0.2, -0.15) is 5.10 Å². The second kappa shape index (κ2) is 7.55. The maximum atomic E-state index is 13.0. The Hall–Kier alpha value is -3.00. The number of aryl methyl sites for hydroxylation is 1. The van der Waals surface area contributed by atoms with Crippen molar-refractivity contribution in [3.05, 3.63) is 59.6 Å². The van der Waals surface area contributed by atoms with E-state index in [0.29, 0.717) is 37.0 Å². The zero-order chi connectivity index (χ0) is 19.7. The first-order chi connectivity index (χ1) is 13.5. The Morgan fingerprint density at radius 1 is 1.29 bits per heavy atom. The van der Waals surface area contributed by atoms with Crippen molar-refractivity contribution in [3.8, 4) is 5.69 Å². The first kappa shape index (κ1) is 18.4. The van der Waals surface area contributed by atoms with Gasteiger partial charge in [0, 0.05) is 30.4 Å². The zero-order valence-electron chi connectivity index (χ0n) is 16.2. The molecule has 1 amide bonds. The Morgan fingerprint density at radius 3 is 2.82 bits per heavy atom. The maximum Gasteiger partial charge on any atom is 0.254 e. The van der Waals surface area contributed by atoms with Crippen molar-refractivity contribution in [2.24, 2.45) is 0 Å². The monoisotopic (exact) mass is 381 g/mol. The number of morpholine rings is 1. The summed E-state index contributed by atoms with van der Waals surface area (Å²) in [6.07, 6.45) is 3.21. The van der Waals surface area contributed by atoms with Crippen LogP contribution >= 0.6 is 0 Å². The normalized spacial score (nSPS) is 17.3. The van der Waals surface area contributed by atoms with Gasteiger partial charge >= 0.3 is 0 Å². The van der Waals surface area contributed by atoms with E-state index in [4.69, 9.17) is 9.15 Å². The van der Waals surface area contributed by atoms with Gasteiger partial charge in [-0.25, -0.2) is 4.68 Å². The van der Waals surface area contributed by atoms with E-state index in [1.807, 2.05) is 51.2 Å². The molecule has 1 saturated heterocycles. The van der Waals surface area contributed by atoms with E-state index in [9.17, 15) is 4.79 Å². The summed E-state index contributed by atoms with van der Waals surface area (Å²) >= 11 is 0. The van der Waals surface area contributed by atoms with Crippen molar-refractivity contribution in [1.82, 2.24) is 24.9 Å². The highest BCUT2D eigenvalue weighted by Crippen LogP contribution is 2.25. The molecule has 3 aromatic rings.